The fourth-order valence-electron chi connectivity index (χ4n) is 2.70. The molecular weight excluding hydrogens is 300 g/mol. The number of para-hydroxylation sites is 1. The Morgan fingerprint density at radius 3 is 2.29 bits per heavy atom. The van der Waals surface area contributed by atoms with E-state index in [0.29, 0.717) is 5.75 Å². The summed E-state index contributed by atoms with van der Waals surface area (Å²) in [6.45, 7) is 3.84. The molecule has 0 bridgehead atoms. The molecule has 0 fully saturated rings. The number of carbonyl (C=O) groups excluding carboxylic acids is 1. The maximum atomic E-state index is 12.4. The third-order valence-electron chi connectivity index (χ3n) is 4.01. The van der Waals surface area contributed by atoms with Crippen LogP contribution in [0, 0.1) is 13.8 Å². The summed E-state index contributed by atoms with van der Waals surface area (Å²) in [4.78, 5) is 12.4. The minimum absolute atomic E-state index is 0.0310. The van der Waals surface area contributed by atoms with Crippen molar-refractivity contribution in [1.82, 2.24) is 9.78 Å². The minimum atomic E-state index is -0.168. The van der Waals surface area contributed by atoms with Crippen LogP contribution < -0.4 is 4.74 Å². The van der Waals surface area contributed by atoms with Gasteiger partial charge in [-0.2, -0.15) is 5.10 Å². The smallest absolute Gasteiger partial charge is 0.284 e. The van der Waals surface area contributed by atoms with E-state index in [9.17, 15) is 4.79 Å². The lowest BCUT2D eigenvalue weighted by Gasteiger charge is -2.07. The number of hydrogen-bond donors (Lipinski definition) is 0. The molecule has 0 aliphatic heterocycles. The number of benzene rings is 2. The van der Waals surface area contributed by atoms with Crippen LogP contribution in [0.25, 0.3) is 0 Å². The van der Waals surface area contributed by atoms with Crippen molar-refractivity contribution in [3.05, 3.63) is 83.2 Å². The third-order valence-corrected chi connectivity index (χ3v) is 4.01. The number of ether oxygens (including phenoxy) is 1. The van der Waals surface area contributed by atoms with Crippen LogP contribution in [0.1, 0.15) is 27.3 Å². The van der Waals surface area contributed by atoms with Gasteiger partial charge in [0.05, 0.1) is 5.69 Å². The van der Waals surface area contributed by atoms with Crippen LogP contribution in [0.2, 0.25) is 0 Å². The van der Waals surface area contributed by atoms with Crippen LogP contribution in [-0.4, -0.2) is 22.3 Å². The monoisotopic (exact) mass is 320 g/mol. The maximum absolute atomic E-state index is 12.4. The van der Waals surface area contributed by atoms with E-state index in [4.69, 9.17) is 4.74 Å². The molecule has 0 radical (unpaired) electrons. The molecule has 1 aromatic heterocycles. The van der Waals surface area contributed by atoms with Gasteiger partial charge in [0.15, 0.2) is 6.61 Å². The highest BCUT2D eigenvalue weighted by atomic mass is 16.5. The van der Waals surface area contributed by atoms with Gasteiger partial charge in [0.1, 0.15) is 5.75 Å². The number of carbonyl (C=O) groups is 1. The number of hydrogen-bond acceptors (Lipinski definition) is 3. The lowest BCUT2D eigenvalue weighted by molar-refractivity contribution is 0.0818. The van der Waals surface area contributed by atoms with Gasteiger partial charge in [0, 0.05) is 17.7 Å². The first kappa shape index (κ1) is 16.0. The number of rotatable bonds is 5. The topological polar surface area (TPSA) is 44.1 Å². The molecular formula is C20H20N2O2. The van der Waals surface area contributed by atoms with Gasteiger partial charge in [-0.05, 0) is 31.5 Å². The largest absolute Gasteiger partial charge is 0.484 e. The molecule has 0 unspecified atom stereocenters. The second kappa shape index (κ2) is 7.13. The lowest BCUT2D eigenvalue weighted by Crippen LogP contribution is -2.21. The molecule has 0 aliphatic rings. The predicted octanol–water partition coefficient (Wildman–Crippen LogP) is 3.81. The molecule has 0 N–H and O–H groups in total. The van der Waals surface area contributed by atoms with Crippen molar-refractivity contribution >= 4 is 5.91 Å². The van der Waals surface area contributed by atoms with Gasteiger partial charge in [0.2, 0.25) is 0 Å². The Balaban J connectivity index is 1.74. The molecule has 0 amide bonds. The fourth-order valence-corrected chi connectivity index (χ4v) is 2.70. The Labute approximate surface area is 141 Å². The summed E-state index contributed by atoms with van der Waals surface area (Å²) in [5, 5.41) is 4.41. The summed E-state index contributed by atoms with van der Waals surface area (Å²) in [6, 6.07) is 19.5. The predicted molar refractivity (Wildman–Crippen MR) is 93.5 cm³/mol. The van der Waals surface area contributed by atoms with Gasteiger partial charge in [-0.25, -0.2) is 4.68 Å². The number of aryl methyl sites for hydroxylation is 1. The van der Waals surface area contributed by atoms with E-state index in [0.717, 1.165) is 23.4 Å². The van der Waals surface area contributed by atoms with Crippen molar-refractivity contribution < 1.29 is 9.53 Å². The van der Waals surface area contributed by atoms with E-state index < -0.39 is 0 Å². The summed E-state index contributed by atoms with van der Waals surface area (Å²) in [5.74, 6) is 0.510. The highest BCUT2D eigenvalue weighted by Crippen LogP contribution is 2.18. The minimum Gasteiger partial charge on any atom is -0.484 e. The molecule has 0 atom stereocenters. The zero-order valence-corrected chi connectivity index (χ0v) is 13.9. The lowest BCUT2D eigenvalue weighted by atomic mass is 10.0. The normalized spacial score (nSPS) is 10.6. The summed E-state index contributed by atoms with van der Waals surface area (Å²) < 4.78 is 6.99. The highest BCUT2D eigenvalue weighted by Gasteiger charge is 2.17. The van der Waals surface area contributed by atoms with Crippen LogP contribution in [-0.2, 0) is 6.42 Å². The Hall–Kier alpha value is -2.88. The molecule has 0 saturated heterocycles. The first-order valence-corrected chi connectivity index (χ1v) is 7.95. The summed E-state index contributed by atoms with van der Waals surface area (Å²) >= 11 is 0. The Kier molecular flexibility index (Phi) is 4.75. The van der Waals surface area contributed by atoms with Crippen molar-refractivity contribution in [3.63, 3.8) is 0 Å². The molecule has 2 aromatic carbocycles. The molecule has 0 spiro atoms. The van der Waals surface area contributed by atoms with Crippen molar-refractivity contribution in [2.45, 2.75) is 20.3 Å². The van der Waals surface area contributed by atoms with Crippen LogP contribution >= 0.6 is 0 Å². The fraction of sp³-hybridized carbons (Fsp3) is 0.200. The molecule has 0 aliphatic carbocycles. The Morgan fingerprint density at radius 2 is 1.62 bits per heavy atom. The zero-order chi connectivity index (χ0) is 16.9. The molecule has 122 valence electrons. The van der Waals surface area contributed by atoms with Gasteiger partial charge < -0.3 is 4.74 Å². The van der Waals surface area contributed by atoms with Crippen LogP contribution in [0.4, 0.5) is 0 Å². The van der Waals surface area contributed by atoms with Crippen molar-refractivity contribution in [2.75, 3.05) is 6.61 Å². The van der Waals surface area contributed by atoms with E-state index in [1.54, 1.807) is 0 Å². The molecule has 4 heteroatoms. The van der Waals surface area contributed by atoms with Crippen LogP contribution in [0.15, 0.2) is 60.7 Å². The molecule has 24 heavy (non-hydrogen) atoms. The van der Waals surface area contributed by atoms with Gasteiger partial charge >= 0.3 is 0 Å². The molecule has 3 rings (SSSR count). The first-order valence-electron chi connectivity index (χ1n) is 7.95. The average molecular weight is 320 g/mol. The van der Waals surface area contributed by atoms with Crippen LogP contribution in [0.5, 0.6) is 5.75 Å². The number of aromatic nitrogens is 2. The van der Waals surface area contributed by atoms with E-state index in [2.05, 4.69) is 17.2 Å². The van der Waals surface area contributed by atoms with E-state index in [-0.39, 0.29) is 12.5 Å². The van der Waals surface area contributed by atoms with Gasteiger partial charge in [0.25, 0.3) is 5.91 Å². The number of nitrogens with zero attached hydrogens (tertiary/aromatic N) is 2. The Morgan fingerprint density at radius 1 is 1.00 bits per heavy atom. The Bertz CT molecular complexity index is 824. The van der Waals surface area contributed by atoms with Crippen LogP contribution in [0.3, 0.4) is 0 Å². The van der Waals surface area contributed by atoms with Gasteiger partial charge in [-0.15, -0.1) is 0 Å². The van der Waals surface area contributed by atoms with Crippen molar-refractivity contribution in [1.29, 1.82) is 0 Å². The standard InChI is InChI=1S/C20H20N2O2/c1-15-19(13-17-9-5-3-6-10-17)16(2)22(21-15)20(23)14-24-18-11-7-4-8-12-18/h3-12H,13-14H2,1-2H3. The highest BCUT2D eigenvalue weighted by molar-refractivity contribution is 5.80. The third kappa shape index (κ3) is 3.54. The van der Waals surface area contributed by atoms with Crippen molar-refractivity contribution in [2.24, 2.45) is 0 Å². The second-order valence-corrected chi connectivity index (χ2v) is 5.72. The second-order valence-electron chi connectivity index (χ2n) is 5.72. The summed E-state index contributed by atoms with van der Waals surface area (Å²) in [5.41, 5.74) is 4.05. The van der Waals surface area contributed by atoms with Gasteiger partial charge in [-0.1, -0.05) is 48.5 Å². The van der Waals surface area contributed by atoms with E-state index in [1.807, 2.05) is 62.4 Å². The summed E-state index contributed by atoms with van der Waals surface area (Å²) in [7, 11) is 0. The van der Waals surface area contributed by atoms with Gasteiger partial charge in [-0.3, -0.25) is 4.79 Å². The van der Waals surface area contributed by atoms with E-state index in [1.165, 1.54) is 10.2 Å². The zero-order valence-electron chi connectivity index (χ0n) is 13.9. The quantitative estimate of drug-likeness (QED) is 0.718. The summed E-state index contributed by atoms with van der Waals surface area (Å²) in [6.07, 6.45) is 0.769. The van der Waals surface area contributed by atoms with E-state index >= 15 is 0 Å². The maximum Gasteiger partial charge on any atom is 0.284 e. The average Bonchev–Trinajstić information content (AvgIpc) is 2.90. The molecule has 3 aromatic rings. The molecule has 4 nitrogen and oxygen atoms in total. The molecule has 1 heterocycles. The van der Waals surface area contributed by atoms with Crippen molar-refractivity contribution in [3.8, 4) is 5.75 Å². The first-order chi connectivity index (χ1) is 11.6. The molecule has 0 saturated carbocycles. The SMILES string of the molecule is Cc1nn(C(=O)COc2ccccc2)c(C)c1Cc1ccccc1.